The molecule has 0 spiro atoms. The molecule has 1 aliphatic heterocycles. The van der Waals surface area contributed by atoms with Crippen molar-refractivity contribution in [1.29, 1.82) is 0 Å². The summed E-state index contributed by atoms with van der Waals surface area (Å²) in [5.41, 5.74) is -4.44. The largest absolute Gasteiger partial charge is 0.534 e. The van der Waals surface area contributed by atoms with Gasteiger partial charge in [-0.3, -0.25) is 0 Å². The van der Waals surface area contributed by atoms with E-state index in [1.54, 1.807) is 0 Å². The van der Waals surface area contributed by atoms with Crippen molar-refractivity contribution < 1.29 is 30.5 Å². The van der Waals surface area contributed by atoms with Gasteiger partial charge in [0.05, 0.1) is 0 Å². The van der Waals surface area contributed by atoms with Gasteiger partial charge in [0.15, 0.2) is 0 Å². The highest BCUT2D eigenvalue weighted by atomic mass is 32.2. The lowest BCUT2D eigenvalue weighted by atomic mass is 9.92. The summed E-state index contributed by atoms with van der Waals surface area (Å²) in [4.78, 5) is 0. The van der Waals surface area contributed by atoms with Crippen molar-refractivity contribution in [3.63, 3.8) is 0 Å². The lowest BCUT2D eigenvalue weighted by Crippen LogP contribution is -2.30. The fraction of sp³-hybridized carbons (Fsp3) is 0.467. The van der Waals surface area contributed by atoms with Crippen molar-refractivity contribution >= 4 is 10.1 Å². The van der Waals surface area contributed by atoms with Crippen LogP contribution in [0.25, 0.3) is 0 Å². The van der Waals surface area contributed by atoms with Crippen molar-refractivity contribution in [1.82, 2.24) is 0 Å². The van der Waals surface area contributed by atoms with E-state index in [1.807, 2.05) is 13.8 Å². The Morgan fingerprint density at radius 3 is 2.52 bits per heavy atom. The average molecular weight is 350 g/mol. The third kappa shape index (κ3) is 4.19. The van der Waals surface area contributed by atoms with Crippen LogP contribution in [0.3, 0.4) is 0 Å². The van der Waals surface area contributed by atoms with E-state index in [9.17, 15) is 21.6 Å². The zero-order chi connectivity index (χ0) is 17.5. The molecular formula is C15H17F3O4S. The number of halogens is 3. The molecule has 128 valence electrons. The van der Waals surface area contributed by atoms with Gasteiger partial charge in [0, 0.05) is 6.42 Å². The van der Waals surface area contributed by atoms with E-state index in [1.165, 1.54) is 12.1 Å². The molecule has 0 radical (unpaired) electrons. The molecule has 0 amide bonds. The second-order valence-corrected chi connectivity index (χ2v) is 7.58. The Bertz CT molecular complexity index is 721. The lowest BCUT2D eigenvalue weighted by molar-refractivity contribution is -0.0500. The standard InChI is InChI=1S/C15H17F3O4S/c1-10-4-5-11-8-12(22-23(19,20)15(16,17)18)6-7-13(11)21-14(2,3)9-10/h6-8H,1,4-5,9H2,2-3H3. The minimum absolute atomic E-state index is 0.395. The van der Waals surface area contributed by atoms with Gasteiger partial charge < -0.3 is 8.92 Å². The van der Waals surface area contributed by atoms with Crippen LogP contribution in [0.1, 0.15) is 32.3 Å². The van der Waals surface area contributed by atoms with Crippen LogP contribution in [0.5, 0.6) is 11.5 Å². The summed E-state index contributed by atoms with van der Waals surface area (Å²) >= 11 is 0. The molecule has 0 aromatic heterocycles. The number of hydrogen-bond acceptors (Lipinski definition) is 4. The summed E-state index contributed by atoms with van der Waals surface area (Å²) in [5.74, 6) is 0.105. The smallest absolute Gasteiger partial charge is 0.487 e. The zero-order valence-corrected chi connectivity index (χ0v) is 13.6. The first-order valence-corrected chi connectivity index (χ1v) is 8.30. The molecule has 0 bridgehead atoms. The predicted molar refractivity (Wildman–Crippen MR) is 78.8 cm³/mol. The van der Waals surface area contributed by atoms with Gasteiger partial charge in [-0.15, -0.1) is 0 Å². The fourth-order valence-corrected chi connectivity index (χ4v) is 2.86. The van der Waals surface area contributed by atoms with Gasteiger partial charge in [-0.25, -0.2) is 0 Å². The number of aryl methyl sites for hydroxylation is 1. The summed E-state index contributed by atoms with van der Waals surface area (Å²) in [7, 11) is -5.69. The fourth-order valence-electron chi connectivity index (χ4n) is 2.41. The van der Waals surface area contributed by atoms with Crippen LogP contribution in [0.2, 0.25) is 0 Å². The van der Waals surface area contributed by atoms with Gasteiger partial charge >= 0.3 is 15.6 Å². The Kier molecular flexibility index (Phi) is 4.40. The molecule has 4 nitrogen and oxygen atoms in total. The highest BCUT2D eigenvalue weighted by Gasteiger charge is 2.48. The van der Waals surface area contributed by atoms with Gasteiger partial charge in [0.1, 0.15) is 17.1 Å². The number of hydrogen-bond donors (Lipinski definition) is 0. The maximum absolute atomic E-state index is 12.4. The zero-order valence-electron chi connectivity index (χ0n) is 12.7. The number of rotatable bonds is 2. The molecule has 8 heteroatoms. The third-order valence-electron chi connectivity index (χ3n) is 3.33. The van der Waals surface area contributed by atoms with Gasteiger partial charge in [-0.2, -0.15) is 21.6 Å². The highest BCUT2D eigenvalue weighted by Crippen LogP contribution is 2.35. The number of alkyl halides is 3. The quantitative estimate of drug-likeness (QED) is 0.460. The molecule has 1 aliphatic rings. The monoisotopic (exact) mass is 350 g/mol. The molecule has 0 aliphatic carbocycles. The summed E-state index contributed by atoms with van der Waals surface area (Å²) in [6.45, 7) is 7.70. The summed E-state index contributed by atoms with van der Waals surface area (Å²) in [6.07, 6.45) is 1.77. The molecule has 2 rings (SSSR count). The first-order valence-electron chi connectivity index (χ1n) is 6.89. The maximum Gasteiger partial charge on any atom is 0.534 e. The van der Waals surface area contributed by atoms with Crippen LogP contribution in [0.4, 0.5) is 13.2 Å². The molecule has 0 unspecified atom stereocenters. The van der Waals surface area contributed by atoms with Crippen LogP contribution in [0, 0.1) is 0 Å². The number of ether oxygens (including phenoxy) is 1. The number of benzene rings is 1. The Balaban J connectivity index is 2.34. The van der Waals surface area contributed by atoms with Crippen molar-refractivity contribution in [3.8, 4) is 11.5 Å². The van der Waals surface area contributed by atoms with E-state index in [-0.39, 0.29) is 0 Å². The molecule has 1 aromatic rings. The maximum atomic E-state index is 12.4. The SMILES string of the molecule is C=C1CCc2cc(OS(=O)(=O)C(F)(F)F)ccc2OC(C)(C)C1. The Morgan fingerprint density at radius 2 is 1.91 bits per heavy atom. The van der Waals surface area contributed by atoms with Crippen LogP contribution in [-0.4, -0.2) is 19.5 Å². The Morgan fingerprint density at radius 1 is 1.26 bits per heavy atom. The van der Waals surface area contributed by atoms with E-state index < -0.39 is 27.0 Å². The summed E-state index contributed by atoms with van der Waals surface area (Å²) in [5, 5.41) is 0. The van der Waals surface area contributed by atoms with Crippen molar-refractivity contribution in [3.05, 3.63) is 35.9 Å². The van der Waals surface area contributed by atoms with Gasteiger partial charge in [0.2, 0.25) is 0 Å². The lowest BCUT2D eigenvalue weighted by Gasteiger charge is -2.31. The Labute approximate surface area is 133 Å². The molecule has 0 saturated heterocycles. The predicted octanol–water partition coefficient (Wildman–Crippen LogP) is 3.96. The summed E-state index contributed by atoms with van der Waals surface area (Å²) in [6, 6.07) is 3.83. The van der Waals surface area contributed by atoms with Crippen LogP contribution < -0.4 is 8.92 Å². The Hall–Kier alpha value is -1.70. The molecular weight excluding hydrogens is 333 g/mol. The van der Waals surface area contributed by atoms with Crippen LogP contribution in [0.15, 0.2) is 30.4 Å². The van der Waals surface area contributed by atoms with Crippen molar-refractivity contribution in [2.45, 2.75) is 44.2 Å². The topological polar surface area (TPSA) is 52.6 Å². The molecule has 0 saturated carbocycles. The van der Waals surface area contributed by atoms with Crippen molar-refractivity contribution in [2.75, 3.05) is 0 Å². The first kappa shape index (κ1) is 17.7. The first-order chi connectivity index (χ1) is 10.4. The van der Waals surface area contributed by atoms with Crippen LogP contribution >= 0.6 is 0 Å². The van der Waals surface area contributed by atoms with E-state index in [0.29, 0.717) is 30.6 Å². The average Bonchev–Trinajstić information content (AvgIpc) is 2.34. The molecule has 23 heavy (non-hydrogen) atoms. The second-order valence-electron chi connectivity index (χ2n) is 6.04. The van der Waals surface area contributed by atoms with Gasteiger partial charge in [0.25, 0.3) is 0 Å². The minimum atomic E-state index is -5.69. The molecule has 0 atom stereocenters. The van der Waals surface area contributed by atoms with E-state index in [4.69, 9.17) is 4.74 Å². The minimum Gasteiger partial charge on any atom is -0.487 e. The third-order valence-corrected chi connectivity index (χ3v) is 4.31. The molecule has 0 fully saturated rings. The molecule has 1 aromatic carbocycles. The van der Waals surface area contributed by atoms with Crippen molar-refractivity contribution in [2.24, 2.45) is 0 Å². The van der Waals surface area contributed by atoms with E-state index in [2.05, 4.69) is 10.8 Å². The van der Waals surface area contributed by atoms with Crippen LogP contribution in [-0.2, 0) is 16.5 Å². The second kappa shape index (κ2) is 5.74. The van der Waals surface area contributed by atoms with Gasteiger partial charge in [-0.05, 0) is 50.5 Å². The van der Waals surface area contributed by atoms with E-state index >= 15 is 0 Å². The van der Waals surface area contributed by atoms with Gasteiger partial charge in [-0.1, -0.05) is 12.2 Å². The highest BCUT2D eigenvalue weighted by molar-refractivity contribution is 7.88. The normalized spacial score (nSPS) is 18.4. The van der Waals surface area contributed by atoms with E-state index in [0.717, 1.165) is 11.6 Å². The number of fused-ring (bicyclic) bond motifs is 1. The summed E-state index contributed by atoms with van der Waals surface area (Å²) < 4.78 is 69.3. The molecule has 1 heterocycles. The molecule has 0 N–H and O–H groups in total.